The van der Waals surface area contributed by atoms with E-state index in [0.717, 1.165) is 18.0 Å². The first-order chi connectivity index (χ1) is 5.86. The van der Waals surface area contributed by atoms with Gasteiger partial charge in [0.05, 0.1) is 0 Å². The average molecular weight is 182 g/mol. The molecular weight excluding hydrogens is 168 g/mol. The van der Waals surface area contributed by atoms with Crippen LogP contribution in [0.3, 0.4) is 0 Å². The largest absolute Gasteiger partial charge is 0.342 e. The van der Waals surface area contributed by atoms with Gasteiger partial charge in [-0.2, -0.15) is 0 Å². The van der Waals surface area contributed by atoms with Crippen molar-refractivity contribution in [3.8, 4) is 0 Å². The first-order valence-electron chi connectivity index (χ1n) is 4.18. The molecule has 0 aliphatic heterocycles. The van der Waals surface area contributed by atoms with Crippen LogP contribution >= 0.6 is 11.8 Å². The monoisotopic (exact) mass is 182 g/mol. The summed E-state index contributed by atoms with van der Waals surface area (Å²) in [7, 11) is 0. The molecule has 1 heterocycles. The normalized spacial score (nSPS) is 11.2. The van der Waals surface area contributed by atoms with Crippen molar-refractivity contribution in [1.82, 2.24) is 9.97 Å². The van der Waals surface area contributed by atoms with Crippen molar-refractivity contribution >= 4 is 17.8 Å². The minimum atomic E-state index is 0.952. The van der Waals surface area contributed by atoms with Gasteiger partial charge in [0.15, 0.2) is 0 Å². The summed E-state index contributed by atoms with van der Waals surface area (Å²) in [6, 6.07) is 0. The van der Waals surface area contributed by atoms with Crippen molar-refractivity contribution in [3.05, 3.63) is 23.1 Å². The number of H-pyrrole nitrogens is 1. The van der Waals surface area contributed by atoms with Crippen LogP contribution < -0.4 is 0 Å². The van der Waals surface area contributed by atoms with Crippen molar-refractivity contribution < 1.29 is 0 Å². The summed E-state index contributed by atoms with van der Waals surface area (Å²) < 4.78 is 0. The number of imidazole rings is 1. The molecule has 1 aromatic heterocycles. The van der Waals surface area contributed by atoms with E-state index < -0.39 is 0 Å². The molecule has 0 aliphatic carbocycles. The van der Waals surface area contributed by atoms with Gasteiger partial charge in [0.1, 0.15) is 5.82 Å². The van der Waals surface area contributed by atoms with Gasteiger partial charge >= 0.3 is 0 Å². The van der Waals surface area contributed by atoms with E-state index in [4.69, 9.17) is 0 Å². The lowest BCUT2D eigenvalue weighted by Crippen LogP contribution is -1.78. The highest BCUT2D eigenvalue weighted by atomic mass is 32.2. The minimum Gasteiger partial charge on any atom is -0.342 e. The molecule has 3 heteroatoms. The van der Waals surface area contributed by atoms with Crippen LogP contribution in [0.15, 0.2) is 11.6 Å². The average Bonchev–Trinajstić information content (AvgIpc) is 2.53. The number of aryl methyl sites for hydroxylation is 1. The Hall–Kier alpha value is -0.700. The predicted octanol–water partition coefficient (Wildman–Crippen LogP) is 2.70. The molecule has 1 rings (SSSR count). The minimum absolute atomic E-state index is 0.952. The van der Waals surface area contributed by atoms with E-state index >= 15 is 0 Å². The molecule has 0 atom stereocenters. The Kier molecular flexibility index (Phi) is 3.94. The molecule has 0 bridgehead atoms. The predicted molar refractivity (Wildman–Crippen MR) is 55.1 cm³/mol. The summed E-state index contributed by atoms with van der Waals surface area (Å²) in [6.45, 7) is 4.25. The molecule has 0 unspecified atom stereocenters. The summed E-state index contributed by atoms with van der Waals surface area (Å²) in [5, 5.41) is 2.07. The Bertz CT molecular complexity index is 253. The van der Waals surface area contributed by atoms with Crippen molar-refractivity contribution in [3.63, 3.8) is 0 Å². The number of hydrogen-bond acceptors (Lipinski definition) is 2. The maximum atomic E-state index is 4.20. The lowest BCUT2D eigenvalue weighted by atomic mass is 10.4. The van der Waals surface area contributed by atoms with E-state index in [-0.39, 0.29) is 0 Å². The molecule has 66 valence electrons. The van der Waals surface area contributed by atoms with Gasteiger partial charge in [-0.25, -0.2) is 4.98 Å². The number of hydrogen-bond donors (Lipinski definition) is 1. The topological polar surface area (TPSA) is 28.7 Å². The van der Waals surface area contributed by atoms with Crippen LogP contribution in [0.2, 0.25) is 0 Å². The second-order valence-electron chi connectivity index (χ2n) is 2.41. The van der Waals surface area contributed by atoms with Crippen LogP contribution in [-0.4, -0.2) is 15.7 Å². The molecule has 2 nitrogen and oxygen atoms in total. The molecule has 1 aromatic rings. The number of nitrogens with one attached hydrogen (secondary N) is 1. The number of aromatic amines is 1. The van der Waals surface area contributed by atoms with Gasteiger partial charge in [0, 0.05) is 11.9 Å². The molecule has 0 fully saturated rings. The van der Waals surface area contributed by atoms with Gasteiger partial charge in [-0.05, 0) is 23.7 Å². The van der Waals surface area contributed by atoms with Gasteiger partial charge in [-0.3, -0.25) is 0 Å². The van der Waals surface area contributed by atoms with E-state index in [1.165, 1.54) is 5.69 Å². The van der Waals surface area contributed by atoms with Crippen LogP contribution in [-0.2, 0) is 6.42 Å². The van der Waals surface area contributed by atoms with Gasteiger partial charge in [-0.15, -0.1) is 11.8 Å². The summed E-state index contributed by atoms with van der Waals surface area (Å²) >= 11 is 1.78. The highest BCUT2D eigenvalue weighted by Crippen LogP contribution is 2.05. The molecule has 12 heavy (non-hydrogen) atoms. The molecule has 0 saturated heterocycles. The standard InChI is InChI=1S/C9H14N2S/c1-3-8-7-10-9(11-8)5-6-12-4-2/h5-7H,3-4H2,1-2H3,(H,10,11). The third kappa shape index (κ3) is 2.74. The molecule has 0 aromatic carbocycles. The fraction of sp³-hybridized carbons (Fsp3) is 0.444. The Labute approximate surface area is 77.5 Å². The Balaban J connectivity index is 2.51. The summed E-state index contributed by atoms with van der Waals surface area (Å²) in [5.41, 5.74) is 1.19. The van der Waals surface area contributed by atoms with E-state index in [1.54, 1.807) is 11.8 Å². The molecule has 0 spiro atoms. The zero-order chi connectivity index (χ0) is 8.81. The number of nitrogens with zero attached hydrogens (tertiary/aromatic N) is 1. The second-order valence-corrected chi connectivity index (χ2v) is 3.59. The van der Waals surface area contributed by atoms with E-state index in [2.05, 4.69) is 29.2 Å². The third-order valence-corrected chi connectivity index (χ3v) is 2.18. The van der Waals surface area contributed by atoms with Gasteiger partial charge in [0.25, 0.3) is 0 Å². The lowest BCUT2D eigenvalue weighted by molar-refractivity contribution is 1.06. The van der Waals surface area contributed by atoms with Crippen LogP contribution in [0.25, 0.3) is 6.08 Å². The molecule has 1 N–H and O–H groups in total. The van der Waals surface area contributed by atoms with Crippen molar-refractivity contribution in [2.24, 2.45) is 0 Å². The number of rotatable bonds is 4. The van der Waals surface area contributed by atoms with Crippen molar-refractivity contribution in [2.75, 3.05) is 5.75 Å². The van der Waals surface area contributed by atoms with Crippen molar-refractivity contribution in [1.29, 1.82) is 0 Å². The zero-order valence-electron chi connectivity index (χ0n) is 7.50. The quantitative estimate of drug-likeness (QED) is 0.775. The second kappa shape index (κ2) is 5.04. The smallest absolute Gasteiger partial charge is 0.130 e. The molecular formula is C9H14N2S. The summed E-state index contributed by atoms with van der Waals surface area (Å²) in [4.78, 5) is 7.41. The number of thioether (sulfide) groups is 1. The third-order valence-electron chi connectivity index (χ3n) is 1.52. The summed E-state index contributed by atoms with van der Waals surface area (Å²) in [6.07, 6.45) is 4.91. The SMILES string of the molecule is CCSC=Cc1ncc(CC)[nH]1. The fourth-order valence-corrected chi connectivity index (χ4v) is 1.27. The highest BCUT2D eigenvalue weighted by molar-refractivity contribution is 8.02. The van der Waals surface area contributed by atoms with E-state index in [9.17, 15) is 0 Å². The molecule has 0 radical (unpaired) electrons. The van der Waals surface area contributed by atoms with Gasteiger partial charge in [-0.1, -0.05) is 13.8 Å². The maximum absolute atomic E-state index is 4.20. The Morgan fingerprint density at radius 1 is 1.58 bits per heavy atom. The summed E-state index contributed by atoms with van der Waals surface area (Å²) in [5.74, 6) is 2.06. The fourth-order valence-electron chi connectivity index (χ4n) is 0.850. The van der Waals surface area contributed by atoms with Gasteiger partial charge in [0.2, 0.25) is 0 Å². The van der Waals surface area contributed by atoms with Crippen LogP contribution in [0.5, 0.6) is 0 Å². The van der Waals surface area contributed by atoms with E-state index in [0.29, 0.717) is 0 Å². The number of aromatic nitrogens is 2. The molecule has 0 amide bonds. The first-order valence-corrected chi connectivity index (χ1v) is 5.23. The Morgan fingerprint density at radius 2 is 2.42 bits per heavy atom. The van der Waals surface area contributed by atoms with Crippen LogP contribution in [0, 0.1) is 0 Å². The molecule has 0 saturated carbocycles. The van der Waals surface area contributed by atoms with E-state index in [1.807, 2.05) is 12.3 Å². The lowest BCUT2D eigenvalue weighted by Gasteiger charge is -1.86. The zero-order valence-corrected chi connectivity index (χ0v) is 8.32. The van der Waals surface area contributed by atoms with Gasteiger partial charge < -0.3 is 4.98 Å². The highest BCUT2D eigenvalue weighted by Gasteiger charge is 1.92. The van der Waals surface area contributed by atoms with Crippen LogP contribution in [0.1, 0.15) is 25.4 Å². The maximum Gasteiger partial charge on any atom is 0.130 e. The molecule has 0 aliphatic rings. The Morgan fingerprint density at radius 3 is 3.00 bits per heavy atom. The first kappa shape index (κ1) is 9.39. The van der Waals surface area contributed by atoms with Crippen LogP contribution in [0.4, 0.5) is 0 Å². The van der Waals surface area contributed by atoms with Crippen molar-refractivity contribution in [2.45, 2.75) is 20.3 Å².